The highest BCUT2D eigenvalue weighted by molar-refractivity contribution is 7.90. The summed E-state index contributed by atoms with van der Waals surface area (Å²) in [7, 11) is -4.21. The van der Waals surface area contributed by atoms with E-state index in [1.807, 2.05) is 51.1 Å². The van der Waals surface area contributed by atoms with Gasteiger partial charge < -0.3 is 15.5 Å². The number of imidazole rings is 1. The number of nitrogens with one attached hydrogen (secondary N) is 2. The number of urea groups is 1. The van der Waals surface area contributed by atoms with E-state index >= 15 is 0 Å². The lowest BCUT2D eigenvalue weighted by atomic mass is 9.96. The Bertz CT molecular complexity index is 2380. The van der Waals surface area contributed by atoms with Crippen molar-refractivity contribution in [2.24, 2.45) is 0 Å². The van der Waals surface area contributed by atoms with E-state index in [4.69, 9.17) is 4.98 Å². The summed E-state index contributed by atoms with van der Waals surface area (Å²) in [5.74, 6) is -0.641. The predicted octanol–water partition coefficient (Wildman–Crippen LogP) is 6.36. The van der Waals surface area contributed by atoms with E-state index in [-0.39, 0.29) is 22.8 Å². The number of carboxylic acids is 1. The number of carbonyl (C=O) groups is 2. The highest BCUT2D eigenvalue weighted by Gasteiger charge is 2.20. The SMILES string of the molecule is CCc1nc2c(C)nc(C)cc2n1-c1ccc(CCNC(=O)NS(=O)(=O)c2ccc(C)c(-c3ccc4c(O)c(C(=O)O)ccc4c3)c2)cc1. The number of aromatic hydroxyl groups is 1. The average molecular weight is 678 g/mol. The Labute approximate surface area is 283 Å². The second-order valence-corrected chi connectivity index (χ2v) is 13.6. The molecule has 6 rings (SSSR count). The minimum atomic E-state index is -4.21. The average Bonchev–Trinajstić information content (AvgIpc) is 3.43. The minimum Gasteiger partial charge on any atom is -0.506 e. The van der Waals surface area contributed by atoms with E-state index in [1.54, 1.807) is 30.3 Å². The predicted molar refractivity (Wildman–Crippen MR) is 188 cm³/mol. The molecular formula is C37H35N5O6S. The van der Waals surface area contributed by atoms with Crippen LogP contribution in [-0.2, 0) is 22.9 Å². The number of rotatable bonds is 9. The molecule has 0 aliphatic rings. The number of pyridine rings is 1. The summed E-state index contributed by atoms with van der Waals surface area (Å²) in [6, 6.07) is 21.6. The maximum absolute atomic E-state index is 13.2. The van der Waals surface area contributed by atoms with Gasteiger partial charge in [-0.25, -0.2) is 27.7 Å². The van der Waals surface area contributed by atoms with Crippen molar-refractivity contribution >= 4 is 43.8 Å². The molecule has 49 heavy (non-hydrogen) atoms. The standard InChI is InChI=1S/C37H35N5O6S/c1-5-33-40-34-23(4)39-22(3)18-32(34)42(33)27-11-7-24(8-12-27)16-17-38-37(46)41-49(47,48)28-13-6-21(2)31(20-28)26-9-14-29-25(19-26)10-15-30(35(29)43)36(44)45/h6-15,18-20,43H,5,16-17H2,1-4H3,(H,44,45)(H2,38,41,46). The highest BCUT2D eigenvalue weighted by Crippen LogP contribution is 2.34. The largest absolute Gasteiger partial charge is 0.506 e. The maximum Gasteiger partial charge on any atom is 0.339 e. The van der Waals surface area contributed by atoms with Gasteiger partial charge in [0.25, 0.3) is 10.0 Å². The summed E-state index contributed by atoms with van der Waals surface area (Å²) in [6.07, 6.45) is 1.24. The zero-order chi connectivity index (χ0) is 35.0. The van der Waals surface area contributed by atoms with Crippen LogP contribution in [0.4, 0.5) is 4.79 Å². The molecule has 0 unspecified atom stereocenters. The fourth-order valence-electron chi connectivity index (χ4n) is 6.04. The Morgan fingerprint density at radius 1 is 0.898 bits per heavy atom. The van der Waals surface area contributed by atoms with Gasteiger partial charge in [0.15, 0.2) is 0 Å². The van der Waals surface area contributed by atoms with Gasteiger partial charge in [0.1, 0.15) is 22.7 Å². The second-order valence-electron chi connectivity index (χ2n) is 11.9. The van der Waals surface area contributed by atoms with Crippen LogP contribution in [0.25, 0.3) is 38.6 Å². The van der Waals surface area contributed by atoms with Gasteiger partial charge in [-0.05, 0) is 97.3 Å². The molecule has 0 fully saturated rings. The molecular weight excluding hydrogens is 643 g/mol. The number of nitrogens with zero attached hydrogens (tertiary/aromatic N) is 3. The number of amides is 2. The Morgan fingerprint density at radius 2 is 1.65 bits per heavy atom. The number of carbonyl (C=O) groups excluding carboxylic acids is 1. The molecule has 2 amide bonds. The van der Waals surface area contributed by atoms with Crippen LogP contribution in [0.3, 0.4) is 0 Å². The highest BCUT2D eigenvalue weighted by atomic mass is 32.2. The summed E-state index contributed by atoms with van der Waals surface area (Å²) in [4.78, 5) is 33.3. The summed E-state index contributed by atoms with van der Waals surface area (Å²) < 4.78 is 30.6. The quantitative estimate of drug-likeness (QED) is 0.137. The van der Waals surface area contributed by atoms with Crippen molar-refractivity contribution in [3.63, 3.8) is 0 Å². The van der Waals surface area contributed by atoms with Gasteiger partial charge in [-0.3, -0.25) is 9.55 Å². The van der Waals surface area contributed by atoms with Crippen LogP contribution >= 0.6 is 0 Å². The fourth-order valence-corrected chi connectivity index (χ4v) is 6.99. The number of benzene rings is 4. The van der Waals surface area contributed by atoms with Crippen molar-refractivity contribution in [2.45, 2.75) is 45.4 Å². The molecule has 12 heteroatoms. The number of hydrogen-bond acceptors (Lipinski definition) is 7. The summed E-state index contributed by atoms with van der Waals surface area (Å²) in [5.41, 5.74) is 7.47. The molecule has 2 heterocycles. The molecule has 2 aromatic heterocycles. The molecule has 0 radical (unpaired) electrons. The number of fused-ring (bicyclic) bond motifs is 2. The van der Waals surface area contributed by atoms with E-state index in [0.717, 1.165) is 51.5 Å². The molecule has 0 saturated heterocycles. The van der Waals surface area contributed by atoms with Crippen LogP contribution in [0.5, 0.6) is 5.75 Å². The van der Waals surface area contributed by atoms with E-state index in [9.17, 15) is 28.2 Å². The molecule has 0 aliphatic carbocycles. The fraction of sp³-hybridized carbons (Fsp3) is 0.189. The molecule has 6 aromatic rings. The van der Waals surface area contributed by atoms with Gasteiger partial charge in [-0.15, -0.1) is 0 Å². The van der Waals surface area contributed by atoms with Gasteiger partial charge in [0, 0.05) is 29.7 Å². The van der Waals surface area contributed by atoms with Crippen LogP contribution < -0.4 is 10.0 Å². The zero-order valence-corrected chi connectivity index (χ0v) is 28.2. The molecule has 0 spiro atoms. The van der Waals surface area contributed by atoms with Crippen LogP contribution in [0.15, 0.2) is 83.8 Å². The van der Waals surface area contributed by atoms with Crippen LogP contribution in [0.1, 0.15) is 45.6 Å². The first-order valence-electron chi connectivity index (χ1n) is 15.7. The topological polar surface area (TPSA) is 164 Å². The van der Waals surface area contributed by atoms with E-state index in [1.165, 1.54) is 18.2 Å². The maximum atomic E-state index is 13.2. The third-order valence-electron chi connectivity index (χ3n) is 8.50. The zero-order valence-electron chi connectivity index (χ0n) is 27.4. The molecule has 4 aromatic carbocycles. The molecule has 0 aliphatic heterocycles. The van der Waals surface area contributed by atoms with Crippen molar-refractivity contribution in [1.29, 1.82) is 0 Å². The molecule has 0 saturated carbocycles. The third kappa shape index (κ3) is 6.55. The first-order chi connectivity index (χ1) is 23.4. The van der Waals surface area contributed by atoms with Gasteiger partial charge >= 0.3 is 12.0 Å². The number of sulfonamides is 1. The van der Waals surface area contributed by atoms with Crippen molar-refractivity contribution < 1.29 is 28.2 Å². The first kappa shape index (κ1) is 33.2. The van der Waals surface area contributed by atoms with Gasteiger partial charge in [-0.1, -0.05) is 43.3 Å². The number of aryl methyl sites for hydroxylation is 4. The van der Waals surface area contributed by atoms with E-state index in [2.05, 4.69) is 26.5 Å². The van der Waals surface area contributed by atoms with Gasteiger partial charge in [-0.2, -0.15) is 0 Å². The number of phenols is 1. The summed E-state index contributed by atoms with van der Waals surface area (Å²) >= 11 is 0. The van der Waals surface area contributed by atoms with E-state index in [0.29, 0.717) is 28.3 Å². The first-order valence-corrected chi connectivity index (χ1v) is 17.2. The molecule has 0 atom stereocenters. The molecule has 11 nitrogen and oxygen atoms in total. The van der Waals surface area contributed by atoms with Gasteiger partial charge in [0.05, 0.1) is 16.1 Å². The Kier molecular flexibility index (Phi) is 8.83. The summed E-state index contributed by atoms with van der Waals surface area (Å²) in [6.45, 7) is 8.03. The number of hydrogen-bond donors (Lipinski definition) is 4. The lowest BCUT2D eigenvalue weighted by molar-refractivity contribution is 0.0694. The van der Waals surface area contributed by atoms with Crippen LogP contribution in [0.2, 0.25) is 0 Å². The number of aromatic carboxylic acids is 1. The smallest absolute Gasteiger partial charge is 0.339 e. The lowest BCUT2D eigenvalue weighted by Gasteiger charge is -2.13. The van der Waals surface area contributed by atoms with Crippen LogP contribution in [0, 0.1) is 20.8 Å². The second kappa shape index (κ2) is 13.0. The normalized spacial score (nSPS) is 11.6. The third-order valence-corrected chi connectivity index (χ3v) is 9.83. The molecule has 0 bridgehead atoms. The van der Waals surface area contributed by atoms with Crippen molar-refractivity contribution in [3.8, 4) is 22.6 Å². The Balaban J connectivity index is 1.12. The number of aromatic nitrogens is 3. The van der Waals surface area contributed by atoms with E-state index < -0.39 is 22.0 Å². The lowest BCUT2D eigenvalue weighted by Crippen LogP contribution is -2.40. The number of carboxylic acid groups (broad SMARTS) is 1. The Morgan fingerprint density at radius 3 is 2.37 bits per heavy atom. The Hall–Kier alpha value is -5.75. The summed E-state index contributed by atoms with van der Waals surface area (Å²) in [5, 5.41) is 23.3. The van der Waals surface area contributed by atoms with Crippen molar-refractivity contribution in [1.82, 2.24) is 24.6 Å². The molecule has 250 valence electrons. The molecule has 4 N–H and O–H groups in total. The van der Waals surface area contributed by atoms with Crippen molar-refractivity contribution in [2.75, 3.05) is 6.54 Å². The van der Waals surface area contributed by atoms with Gasteiger partial charge in [0.2, 0.25) is 0 Å². The monoisotopic (exact) mass is 677 g/mol. The minimum absolute atomic E-state index is 0.0948. The van der Waals surface area contributed by atoms with Crippen molar-refractivity contribution in [3.05, 3.63) is 113 Å². The van der Waals surface area contributed by atoms with Crippen LogP contribution in [-0.4, -0.2) is 51.7 Å².